The summed E-state index contributed by atoms with van der Waals surface area (Å²) >= 11 is 0. The fraction of sp³-hybridized carbons (Fsp3) is 0.619. The van der Waals surface area contributed by atoms with Crippen LogP contribution in [0, 0.1) is 6.92 Å². The number of sulfonamides is 1. The second kappa shape index (κ2) is 9.88. The largest absolute Gasteiger partial charge is 0.454 e. The molecule has 0 saturated carbocycles. The number of hydrogen-bond acceptors (Lipinski definition) is 7. The maximum absolute atomic E-state index is 13.1. The van der Waals surface area contributed by atoms with E-state index in [-0.39, 0.29) is 22.9 Å². The van der Waals surface area contributed by atoms with E-state index in [2.05, 4.69) is 0 Å². The first kappa shape index (κ1) is 24.7. The third-order valence-electron chi connectivity index (χ3n) is 6.00. The lowest BCUT2D eigenvalue weighted by Gasteiger charge is -2.33. The van der Waals surface area contributed by atoms with Crippen LogP contribution in [0.25, 0.3) is 0 Å². The molecule has 2 aliphatic rings. The number of nitrogens with zero attached hydrogens (tertiary/aromatic N) is 2. The second-order valence-electron chi connectivity index (χ2n) is 8.28. The van der Waals surface area contributed by atoms with Gasteiger partial charge in [0, 0.05) is 19.1 Å². The van der Waals surface area contributed by atoms with Crippen LogP contribution in [0.2, 0.25) is 0 Å². The Balaban J connectivity index is 1.67. The molecule has 9 nitrogen and oxygen atoms in total. The molecule has 0 aromatic heterocycles. The molecule has 178 valence electrons. The fourth-order valence-corrected chi connectivity index (χ4v) is 7.62. The molecule has 1 aromatic carbocycles. The monoisotopic (exact) mass is 486 g/mol. The summed E-state index contributed by atoms with van der Waals surface area (Å²) in [6.45, 7) is 3.55. The molecular formula is C21H30N2O7S2. The highest BCUT2D eigenvalue weighted by atomic mass is 32.2. The second-order valence-corrected chi connectivity index (χ2v) is 12.4. The van der Waals surface area contributed by atoms with Gasteiger partial charge in [0.15, 0.2) is 16.4 Å². The number of hydrogen-bond donors (Lipinski definition) is 0. The van der Waals surface area contributed by atoms with Crippen molar-refractivity contribution in [3.05, 3.63) is 29.8 Å². The number of benzene rings is 1. The fourth-order valence-electron chi connectivity index (χ4n) is 4.25. The van der Waals surface area contributed by atoms with E-state index in [9.17, 15) is 26.4 Å². The quantitative estimate of drug-likeness (QED) is 0.530. The molecule has 0 aliphatic carbocycles. The summed E-state index contributed by atoms with van der Waals surface area (Å²) in [6, 6.07) is 5.01. The number of carbonyl (C=O) groups excluding carboxylic acids is 2. The van der Waals surface area contributed by atoms with Crippen LogP contribution in [0.15, 0.2) is 29.2 Å². The molecule has 32 heavy (non-hydrogen) atoms. The topological polar surface area (TPSA) is 118 Å². The maximum Gasteiger partial charge on any atom is 0.324 e. The molecule has 2 fully saturated rings. The first-order chi connectivity index (χ1) is 15.0. The first-order valence-electron chi connectivity index (χ1n) is 10.8. The number of sulfone groups is 1. The number of likely N-dealkylation sites (N-methyl/N-ethyl adjacent to an activating group) is 1. The van der Waals surface area contributed by atoms with Crippen molar-refractivity contribution in [3.63, 3.8) is 0 Å². The van der Waals surface area contributed by atoms with Gasteiger partial charge in [-0.3, -0.25) is 9.59 Å². The Hall–Kier alpha value is -1.98. The van der Waals surface area contributed by atoms with Gasteiger partial charge in [0.2, 0.25) is 10.0 Å². The third kappa shape index (κ3) is 5.49. The van der Waals surface area contributed by atoms with E-state index in [0.717, 1.165) is 9.87 Å². The van der Waals surface area contributed by atoms with Gasteiger partial charge >= 0.3 is 5.97 Å². The highest BCUT2D eigenvalue weighted by Gasteiger charge is 2.39. The van der Waals surface area contributed by atoms with Crippen molar-refractivity contribution >= 4 is 31.7 Å². The third-order valence-corrected chi connectivity index (χ3v) is 9.67. The Labute approximate surface area is 189 Å². The zero-order valence-electron chi connectivity index (χ0n) is 18.4. The zero-order chi connectivity index (χ0) is 23.5. The van der Waals surface area contributed by atoms with Crippen molar-refractivity contribution in [1.82, 2.24) is 9.21 Å². The van der Waals surface area contributed by atoms with Gasteiger partial charge in [-0.15, -0.1) is 0 Å². The molecule has 2 heterocycles. The smallest absolute Gasteiger partial charge is 0.324 e. The van der Waals surface area contributed by atoms with Crippen molar-refractivity contribution in [1.29, 1.82) is 0 Å². The average molecular weight is 487 g/mol. The predicted octanol–water partition coefficient (Wildman–Crippen LogP) is 1.12. The number of ether oxygens (including phenoxy) is 1. The predicted molar refractivity (Wildman–Crippen MR) is 118 cm³/mol. The van der Waals surface area contributed by atoms with Crippen LogP contribution >= 0.6 is 0 Å². The van der Waals surface area contributed by atoms with Gasteiger partial charge in [0.1, 0.15) is 6.04 Å². The van der Waals surface area contributed by atoms with Crippen LogP contribution in [0.1, 0.15) is 38.2 Å². The molecule has 0 unspecified atom stereocenters. The van der Waals surface area contributed by atoms with Gasteiger partial charge in [-0.25, -0.2) is 16.8 Å². The molecule has 11 heteroatoms. The minimum atomic E-state index is -3.89. The Morgan fingerprint density at radius 3 is 2.44 bits per heavy atom. The normalized spacial score (nSPS) is 23.6. The van der Waals surface area contributed by atoms with Crippen molar-refractivity contribution in [2.75, 3.05) is 31.2 Å². The summed E-state index contributed by atoms with van der Waals surface area (Å²) < 4.78 is 56.1. The van der Waals surface area contributed by atoms with Gasteiger partial charge in [-0.2, -0.15) is 4.31 Å². The van der Waals surface area contributed by atoms with Gasteiger partial charge in [0.05, 0.1) is 16.4 Å². The zero-order valence-corrected chi connectivity index (χ0v) is 20.0. The molecule has 3 rings (SSSR count). The molecule has 2 saturated heterocycles. The number of piperidine rings is 1. The molecule has 1 aromatic rings. The van der Waals surface area contributed by atoms with Crippen LogP contribution in [-0.4, -0.2) is 81.2 Å². The molecule has 0 N–H and O–H groups in total. The number of carbonyl (C=O) groups is 2. The summed E-state index contributed by atoms with van der Waals surface area (Å²) in [4.78, 5) is 26.9. The van der Waals surface area contributed by atoms with Crippen LogP contribution in [0.3, 0.4) is 0 Å². The highest BCUT2D eigenvalue weighted by molar-refractivity contribution is 7.91. The Bertz CT molecular complexity index is 1050. The lowest BCUT2D eigenvalue weighted by Crippen LogP contribution is -2.49. The summed E-state index contributed by atoms with van der Waals surface area (Å²) in [5.74, 6) is -1.29. The molecule has 0 spiro atoms. The van der Waals surface area contributed by atoms with E-state index in [1.807, 2.05) is 6.92 Å². The van der Waals surface area contributed by atoms with Crippen molar-refractivity contribution < 1.29 is 31.2 Å². The number of rotatable bonds is 7. The summed E-state index contributed by atoms with van der Waals surface area (Å²) in [5.41, 5.74) is 0.924. The van der Waals surface area contributed by atoms with E-state index in [1.165, 1.54) is 17.0 Å². The minimum Gasteiger partial charge on any atom is -0.454 e. The number of esters is 1. The SMILES string of the molecule is CCN(C(=O)COC(=O)[C@H]1CCCCN1S(=O)(=O)c1ccc(C)cc1)[C@@H]1CCS(=O)(=O)C1. The van der Waals surface area contributed by atoms with Crippen molar-refractivity contribution in [3.8, 4) is 0 Å². The lowest BCUT2D eigenvalue weighted by molar-refractivity contribution is -0.156. The van der Waals surface area contributed by atoms with Crippen LogP contribution in [-0.2, 0) is 34.2 Å². The van der Waals surface area contributed by atoms with Gasteiger partial charge in [-0.05, 0) is 51.7 Å². The van der Waals surface area contributed by atoms with Gasteiger partial charge < -0.3 is 9.64 Å². The van der Waals surface area contributed by atoms with E-state index in [0.29, 0.717) is 32.2 Å². The Kier molecular flexibility index (Phi) is 7.61. The molecule has 2 aliphatic heterocycles. The average Bonchev–Trinajstić information content (AvgIpc) is 3.12. The van der Waals surface area contributed by atoms with Crippen molar-refractivity contribution in [2.24, 2.45) is 0 Å². The number of amides is 1. The Morgan fingerprint density at radius 2 is 1.84 bits per heavy atom. The van der Waals surface area contributed by atoms with E-state index < -0.39 is 50.4 Å². The van der Waals surface area contributed by atoms with E-state index >= 15 is 0 Å². The van der Waals surface area contributed by atoms with Crippen LogP contribution < -0.4 is 0 Å². The molecule has 2 atom stereocenters. The van der Waals surface area contributed by atoms with Crippen molar-refractivity contribution in [2.45, 2.75) is 56.5 Å². The molecule has 0 radical (unpaired) electrons. The number of aryl methyl sites for hydroxylation is 1. The lowest BCUT2D eigenvalue weighted by atomic mass is 10.1. The van der Waals surface area contributed by atoms with Crippen LogP contribution in [0.4, 0.5) is 0 Å². The van der Waals surface area contributed by atoms with Crippen LogP contribution in [0.5, 0.6) is 0 Å². The van der Waals surface area contributed by atoms with E-state index in [1.54, 1.807) is 19.1 Å². The molecule has 1 amide bonds. The molecule has 0 bridgehead atoms. The van der Waals surface area contributed by atoms with Gasteiger partial charge in [-0.1, -0.05) is 17.7 Å². The summed E-state index contributed by atoms with van der Waals surface area (Å²) in [7, 11) is -7.05. The summed E-state index contributed by atoms with van der Waals surface area (Å²) in [5, 5.41) is 0. The summed E-state index contributed by atoms with van der Waals surface area (Å²) in [6.07, 6.45) is 1.99. The first-order valence-corrected chi connectivity index (χ1v) is 14.1. The van der Waals surface area contributed by atoms with Gasteiger partial charge in [0.25, 0.3) is 5.91 Å². The standard InChI is InChI=1S/C21H30N2O7S2/c1-3-22(17-11-13-31(26,27)15-17)20(24)14-30-21(25)19-6-4-5-12-23(19)32(28,29)18-9-7-16(2)8-10-18/h7-10,17,19H,3-6,11-15H2,1-2H3/t17-,19-/m1/s1. The maximum atomic E-state index is 13.1. The molecular weight excluding hydrogens is 456 g/mol. The Morgan fingerprint density at radius 1 is 1.16 bits per heavy atom. The highest BCUT2D eigenvalue weighted by Crippen LogP contribution is 2.26. The minimum absolute atomic E-state index is 0.0368. The van der Waals surface area contributed by atoms with E-state index in [4.69, 9.17) is 4.74 Å².